The molecule has 2 aromatic heterocycles. The third kappa shape index (κ3) is 3.62. The summed E-state index contributed by atoms with van der Waals surface area (Å²) in [4.78, 5) is 21.5. The lowest BCUT2D eigenvalue weighted by Crippen LogP contribution is -2.17. The van der Waals surface area contributed by atoms with E-state index < -0.39 is 34.0 Å². The van der Waals surface area contributed by atoms with Crippen molar-refractivity contribution in [3.63, 3.8) is 0 Å². The van der Waals surface area contributed by atoms with Gasteiger partial charge in [-0.2, -0.15) is 13.2 Å². The van der Waals surface area contributed by atoms with Gasteiger partial charge in [-0.1, -0.05) is 0 Å². The molecule has 2 aromatic rings. The first-order valence-electron chi connectivity index (χ1n) is 5.54. The van der Waals surface area contributed by atoms with E-state index in [9.17, 15) is 26.7 Å². The van der Waals surface area contributed by atoms with Crippen LogP contribution in [-0.4, -0.2) is 29.6 Å². The Bertz CT molecular complexity index is 721. The van der Waals surface area contributed by atoms with Crippen LogP contribution < -0.4 is 5.32 Å². The van der Waals surface area contributed by atoms with Gasteiger partial charge in [0.05, 0.1) is 11.3 Å². The molecule has 0 aliphatic carbocycles. The number of hydrogen-bond acceptors (Lipinski definition) is 6. The van der Waals surface area contributed by atoms with Crippen molar-refractivity contribution in [3.8, 4) is 0 Å². The van der Waals surface area contributed by atoms with Crippen LogP contribution in [-0.2, 0) is 17.3 Å². The molecule has 22 heavy (non-hydrogen) atoms. The van der Waals surface area contributed by atoms with Crippen LogP contribution in [0.1, 0.15) is 16.2 Å². The van der Waals surface area contributed by atoms with Gasteiger partial charge in [0, 0.05) is 18.6 Å². The zero-order valence-corrected chi connectivity index (χ0v) is 11.3. The van der Waals surface area contributed by atoms with Gasteiger partial charge in [-0.3, -0.25) is 9.00 Å². The van der Waals surface area contributed by atoms with Crippen molar-refractivity contribution in [2.45, 2.75) is 11.2 Å². The van der Waals surface area contributed by atoms with Gasteiger partial charge >= 0.3 is 6.18 Å². The Kier molecular flexibility index (Phi) is 4.47. The maximum Gasteiger partial charge on any atom is 0.451 e. The second-order valence-corrected chi connectivity index (χ2v) is 4.69. The fourth-order valence-electron chi connectivity index (χ4n) is 1.40. The molecule has 0 aromatic carbocycles. The molecule has 0 saturated heterocycles. The third-order valence-electron chi connectivity index (χ3n) is 2.34. The molecule has 0 fully saturated rings. The highest BCUT2D eigenvalue weighted by Gasteiger charge is 2.34. The smallest absolute Gasteiger partial charge is 0.451 e. The van der Waals surface area contributed by atoms with Gasteiger partial charge in [0.2, 0.25) is 5.82 Å². The molecule has 2 heterocycles. The highest BCUT2D eigenvalue weighted by Crippen LogP contribution is 2.25. The SMILES string of the molecule is O=C(Nc1cccnc1S(=O)[O-])c1cnc(C(F)(F)F)nc1. The summed E-state index contributed by atoms with van der Waals surface area (Å²) in [6.07, 6.45) is -2.13. The molecule has 2 rings (SSSR count). The normalized spacial score (nSPS) is 12.7. The first-order chi connectivity index (χ1) is 10.3. The molecule has 1 unspecified atom stereocenters. The summed E-state index contributed by atoms with van der Waals surface area (Å²) >= 11 is -2.68. The maximum absolute atomic E-state index is 12.3. The van der Waals surface area contributed by atoms with Crippen LogP contribution in [0.5, 0.6) is 0 Å². The van der Waals surface area contributed by atoms with Gasteiger partial charge in [0.25, 0.3) is 5.91 Å². The molecule has 0 saturated carbocycles. The number of nitrogens with zero attached hydrogens (tertiary/aromatic N) is 3. The molecule has 0 bridgehead atoms. The number of amides is 1. The van der Waals surface area contributed by atoms with E-state index in [2.05, 4.69) is 20.3 Å². The van der Waals surface area contributed by atoms with Crippen molar-refractivity contribution >= 4 is 22.7 Å². The summed E-state index contributed by atoms with van der Waals surface area (Å²) in [6.45, 7) is 0. The number of hydrogen-bond donors (Lipinski definition) is 1. The van der Waals surface area contributed by atoms with E-state index in [0.717, 1.165) is 0 Å². The van der Waals surface area contributed by atoms with Crippen LogP contribution in [0.3, 0.4) is 0 Å². The van der Waals surface area contributed by atoms with Gasteiger partial charge in [-0.15, -0.1) is 0 Å². The number of nitrogens with one attached hydrogen (secondary N) is 1. The topological polar surface area (TPSA) is 108 Å². The Morgan fingerprint density at radius 1 is 1.23 bits per heavy atom. The van der Waals surface area contributed by atoms with E-state index in [1.165, 1.54) is 18.3 Å². The Balaban J connectivity index is 2.22. The van der Waals surface area contributed by atoms with Crippen LogP contribution in [0.25, 0.3) is 0 Å². The molecule has 0 aliphatic rings. The fourth-order valence-corrected chi connectivity index (χ4v) is 1.85. The minimum atomic E-state index is -4.72. The lowest BCUT2D eigenvalue weighted by Gasteiger charge is -2.11. The Hall–Kier alpha value is -2.40. The predicted molar refractivity (Wildman–Crippen MR) is 66.4 cm³/mol. The average Bonchev–Trinajstić information content (AvgIpc) is 2.46. The zero-order valence-electron chi connectivity index (χ0n) is 10.5. The van der Waals surface area contributed by atoms with Crippen molar-refractivity contribution in [2.24, 2.45) is 0 Å². The van der Waals surface area contributed by atoms with Gasteiger partial charge in [0.1, 0.15) is 5.03 Å². The van der Waals surface area contributed by atoms with E-state index in [0.29, 0.717) is 12.4 Å². The van der Waals surface area contributed by atoms with Crippen molar-refractivity contribution in [2.75, 3.05) is 5.32 Å². The van der Waals surface area contributed by atoms with Crippen molar-refractivity contribution in [1.82, 2.24) is 15.0 Å². The molecule has 7 nitrogen and oxygen atoms in total. The number of anilines is 1. The van der Waals surface area contributed by atoms with E-state index in [-0.39, 0.29) is 11.3 Å². The third-order valence-corrected chi connectivity index (χ3v) is 2.99. The molecule has 0 aliphatic heterocycles. The molecule has 0 radical (unpaired) electrons. The standard InChI is InChI=1S/C11H7F3N4O3S/c12-11(13,14)10-16-4-6(5-17-10)8(19)18-7-2-1-3-15-9(7)22(20)21/h1-5H,(H,18,19)(H,20,21)/p-1. The van der Waals surface area contributed by atoms with E-state index in [4.69, 9.17) is 0 Å². The van der Waals surface area contributed by atoms with Crippen molar-refractivity contribution in [3.05, 3.63) is 42.1 Å². The second-order valence-electron chi connectivity index (χ2n) is 3.84. The molecular weight excluding hydrogens is 325 g/mol. The summed E-state index contributed by atoms with van der Waals surface area (Å²) in [5.74, 6) is -2.25. The highest BCUT2D eigenvalue weighted by atomic mass is 32.2. The number of aromatic nitrogens is 3. The largest absolute Gasteiger partial charge is 0.767 e. The first-order valence-corrected chi connectivity index (χ1v) is 6.61. The lowest BCUT2D eigenvalue weighted by atomic mass is 10.3. The number of pyridine rings is 1. The minimum Gasteiger partial charge on any atom is -0.767 e. The lowest BCUT2D eigenvalue weighted by molar-refractivity contribution is -0.145. The average molecular weight is 331 g/mol. The first kappa shape index (κ1) is 16.0. The molecule has 1 atom stereocenters. The summed E-state index contributed by atoms with van der Waals surface area (Å²) in [5, 5.41) is 1.81. The fraction of sp³-hybridized carbons (Fsp3) is 0.0909. The number of alkyl halides is 3. The quantitative estimate of drug-likeness (QED) is 0.851. The minimum absolute atomic E-state index is 0.110. The van der Waals surface area contributed by atoms with Crippen LogP contribution >= 0.6 is 0 Å². The van der Waals surface area contributed by atoms with Gasteiger partial charge in [-0.05, 0) is 23.2 Å². The van der Waals surface area contributed by atoms with Crippen molar-refractivity contribution in [1.29, 1.82) is 0 Å². The maximum atomic E-state index is 12.3. The van der Waals surface area contributed by atoms with Crippen LogP contribution in [0.4, 0.5) is 18.9 Å². The van der Waals surface area contributed by atoms with Crippen LogP contribution in [0.15, 0.2) is 35.7 Å². The number of rotatable bonds is 3. The summed E-state index contributed by atoms with van der Waals surface area (Å²) in [7, 11) is 0. The Morgan fingerprint density at radius 3 is 2.41 bits per heavy atom. The molecule has 1 amide bonds. The highest BCUT2D eigenvalue weighted by molar-refractivity contribution is 7.79. The Morgan fingerprint density at radius 2 is 1.86 bits per heavy atom. The molecule has 1 N–H and O–H groups in total. The molecular formula is C11H6F3N4O3S-. The molecule has 11 heteroatoms. The van der Waals surface area contributed by atoms with Gasteiger partial charge in [0.15, 0.2) is 0 Å². The van der Waals surface area contributed by atoms with E-state index in [1.807, 2.05) is 0 Å². The summed E-state index contributed by atoms with van der Waals surface area (Å²) in [5.41, 5.74) is -0.375. The molecule has 116 valence electrons. The number of halogens is 3. The Labute approximate surface area is 123 Å². The van der Waals surface area contributed by atoms with Crippen LogP contribution in [0, 0.1) is 0 Å². The van der Waals surface area contributed by atoms with E-state index >= 15 is 0 Å². The summed E-state index contributed by atoms with van der Waals surface area (Å²) in [6, 6.07) is 2.66. The second kappa shape index (κ2) is 6.15. The summed E-state index contributed by atoms with van der Waals surface area (Å²) < 4.78 is 58.8. The van der Waals surface area contributed by atoms with Gasteiger partial charge in [-0.25, -0.2) is 15.0 Å². The zero-order chi connectivity index (χ0) is 16.3. The number of carbonyl (C=O) groups is 1. The predicted octanol–water partition coefficient (Wildman–Crippen LogP) is 1.38. The molecule has 0 spiro atoms. The monoisotopic (exact) mass is 331 g/mol. The number of carbonyl (C=O) groups excluding carboxylic acids is 1. The van der Waals surface area contributed by atoms with Crippen molar-refractivity contribution < 1.29 is 26.7 Å². The van der Waals surface area contributed by atoms with Crippen LogP contribution in [0.2, 0.25) is 0 Å². The van der Waals surface area contributed by atoms with E-state index in [1.54, 1.807) is 0 Å². The van der Waals surface area contributed by atoms with Gasteiger partial charge < -0.3 is 9.87 Å².